The van der Waals surface area contributed by atoms with Gasteiger partial charge in [0.15, 0.2) is 0 Å². The summed E-state index contributed by atoms with van der Waals surface area (Å²) in [7, 11) is 0. The Kier molecular flexibility index (Phi) is 19.1. The molecule has 0 atom stereocenters. The maximum Gasteiger partial charge on any atom is -0.0184 e. The number of benzene rings is 3. The lowest BCUT2D eigenvalue weighted by molar-refractivity contribution is 1.50. The Hall–Kier alpha value is -2.08. The minimum absolute atomic E-state index is 1.31. The Balaban J connectivity index is 0. The Bertz CT molecular complexity index is 434. The summed E-state index contributed by atoms with van der Waals surface area (Å²) in [6.07, 6.45) is 0. The molecular formula is C22H32. The number of hydrogen-bond acceptors (Lipinski definition) is 0. The molecule has 0 heterocycles. The maximum absolute atomic E-state index is 2.12. The van der Waals surface area contributed by atoms with Gasteiger partial charge < -0.3 is 0 Å². The highest BCUT2D eigenvalue weighted by Gasteiger charge is 1.85. The van der Waals surface area contributed by atoms with Gasteiger partial charge in [-0.05, 0) is 10.8 Å². The predicted octanol–water partition coefficient (Wildman–Crippen LogP) is 7.61. The van der Waals surface area contributed by atoms with Crippen LogP contribution >= 0.6 is 0 Å². The molecule has 0 radical (unpaired) electrons. The van der Waals surface area contributed by atoms with Crippen molar-refractivity contribution in [2.45, 2.75) is 41.5 Å². The summed E-state index contributed by atoms with van der Waals surface area (Å²) in [6.45, 7) is 12.0. The van der Waals surface area contributed by atoms with Gasteiger partial charge in [-0.15, -0.1) is 0 Å². The Morgan fingerprint density at radius 3 is 0.682 bits per heavy atom. The standard InChI is InChI=1S/C10H8.C6H6.3C2H6/c1-2-6-10-8-4-3-7-9(10)5-1;1-2-4-6-5-3-1;3*1-2/h1-8H;1-6H;3*1-2H3. The smallest absolute Gasteiger partial charge is 0.0184 e. The summed E-state index contributed by atoms with van der Waals surface area (Å²) in [6, 6.07) is 28.7. The van der Waals surface area contributed by atoms with Crippen molar-refractivity contribution < 1.29 is 0 Å². The zero-order valence-corrected chi connectivity index (χ0v) is 15.1. The van der Waals surface area contributed by atoms with Crippen LogP contribution < -0.4 is 0 Å². The third kappa shape index (κ3) is 10.7. The molecule has 0 unspecified atom stereocenters. The van der Waals surface area contributed by atoms with Crippen LogP contribution in [0.3, 0.4) is 0 Å². The summed E-state index contributed by atoms with van der Waals surface area (Å²) in [5.74, 6) is 0. The van der Waals surface area contributed by atoms with Crippen molar-refractivity contribution >= 4 is 10.8 Å². The van der Waals surface area contributed by atoms with Crippen molar-refractivity contribution in [3.63, 3.8) is 0 Å². The van der Waals surface area contributed by atoms with Gasteiger partial charge in [-0.2, -0.15) is 0 Å². The normalized spacial score (nSPS) is 7.55. The second-order valence-electron chi connectivity index (χ2n) is 3.50. The highest BCUT2D eigenvalue weighted by Crippen LogP contribution is 2.11. The van der Waals surface area contributed by atoms with E-state index in [4.69, 9.17) is 0 Å². The Morgan fingerprint density at radius 2 is 0.500 bits per heavy atom. The van der Waals surface area contributed by atoms with E-state index in [9.17, 15) is 0 Å². The molecule has 3 aromatic carbocycles. The van der Waals surface area contributed by atoms with E-state index in [0.717, 1.165) is 0 Å². The molecule has 0 N–H and O–H groups in total. The van der Waals surface area contributed by atoms with Gasteiger partial charge in [0.05, 0.1) is 0 Å². The molecule has 0 saturated carbocycles. The van der Waals surface area contributed by atoms with Gasteiger partial charge in [0.2, 0.25) is 0 Å². The SMILES string of the molecule is CC.CC.CC.c1ccc2ccccc2c1.c1ccccc1. The molecule has 3 rings (SSSR count). The van der Waals surface area contributed by atoms with Crippen LogP contribution in [0.2, 0.25) is 0 Å². The van der Waals surface area contributed by atoms with E-state index in [0.29, 0.717) is 0 Å². The molecule has 0 saturated heterocycles. The van der Waals surface area contributed by atoms with Crippen LogP contribution in [0.5, 0.6) is 0 Å². The van der Waals surface area contributed by atoms with Crippen LogP contribution in [0.25, 0.3) is 10.8 Å². The highest BCUT2D eigenvalue weighted by molar-refractivity contribution is 5.81. The fraction of sp³-hybridized carbons (Fsp3) is 0.273. The number of rotatable bonds is 0. The van der Waals surface area contributed by atoms with Crippen molar-refractivity contribution in [3.8, 4) is 0 Å². The Labute approximate surface area is 137 Å². The first-order chi connectivity index (χ1) is 11.0. The molecule has 22 heavy (non-hydrogen) atoms. The van der Waals surface area contributed by atoms with Gasteiger partial charge in [-0.3, -0.25) is 0 Å². The second-order valence-corrected chi connectivity index (χ2v) is 3.50. The number of fused-ring (bicyclic) bond motifs is 1. The molecule has 0 spiro atoms. The van der Waals surface area contributed by atoms with Gasteiger partial charge in [-0.1, -0.05) is 126 Å². The topological polar surface area (TPSA) is 0 Å². The van der Waals surface area contributed by atoms with Gasteiger partial charge >= 0.3 is 0 Å². The van der Waals surface area contributed by atoms with Gasteiger partial charge in [0.25, 0.3) is 0 Å². The molecule has 0 nitrogen and oxygen atoms in total. The number of hydrogen-bond donors (Lipinski definition) is 0. The third-order valence-electron chi connectivity index (χ3n) is 2.33. The van der Waals surface area contributed by atoms with Crippen LogP contribution in [0.4, 0.5) is 0 Å². The summed E-state index contributed by atoms with van der Waals surface area (Å²) in [4.78, 5) is 0. The predicted molar refractivity (Wildman–Crippen MR) is 104 cm³/mol. The van der Waals surface area contributed by atoms with Crippen LogP contribution in [0.1, 0.15) is 41.5 Å². The molecule has 0 aromatic heterocycles. The first kappa shape index (κ1) is 22.2. The van der Waals surface area contributed by atoms with E-state index >= 15 is 0 Å². The van der Waals surface area contributed by atoms with Gasteiger partial charge in [0.1, 0.15) is 0 Å². The molecule has 0 fully saturated rings. The van der Waals surface area contributed by atoms with Crippen LogP contribution in [-0.2, 0) is 0 Å². The molecule has 3 aromatic rings. The minimum Gasteiger partial charge on any atom is -0.0683 e. The molecule has 0 aliphatic rings. The van der Waals surface area contributed by atoms with Crippen LogP contribution in [0.15, 0.2) is 84.9 Å². The average Bonchev–Trinajstić information content (AvgIpc) is 2.69. The van der Waals surface area contributed by atoms with Crippen molar-refractivity contribution in [2.75, 3.05) is 0 Å². The molecular weight excluding hydrogens is 264 g/mol. The van der Waals surface area contributed by atoms with Crippen molar-refractivity contribution in [1.82, 2.24) is 0 Å². The van der Waals surface area contributed by atoms with Crippen molar-refractivity contribution in [3.05, 3.63) is 84.9 Å². The fourth-order valence-electron chi connectivity index (χ4n) is 1.52. The monoisotopic (exact) mass is 296 g/mol. The van der Waals surface area contributed by atoms with E-state index in [1.165, 1.54) is 10.8 Å². The van der Waals surface area contributed by atoms with E-state index in [1.807, 2.05) is 77.9 Å². The first-order valence-electron chi connectivity index (χ1n) is 8.40. The molecule has 0 amide bonds. The van der Waals surface area contributed by atoms with Crippen LogP contribution in [-0.4, -0.2) is 0 Å². The molecule has 0 heteroatoms. The zero-order valence-electron chi connectivity index (χ0n) is 15.1. The van der Waals surface area contributed by atoms with Crippen molar-refractivity contribution in [1.29, 1.82) is 0 Å². The molecule has 120 valence electrons. The fourth-order valence-corrected chi connectivity index (χ4v) is 1.52. The molecule has 0 aliphatic heterocycles. The largest absolute Gasteiger partial charge is 0.0683 e. The minimum atomic E-state index is 1.31. The molecule has 0 aliphatic carbocycles. The third-order valence-corrected chi connectivity index (χ3v) is 2.33. The lowest BCUT2D eigenvalue weighted by Crippen LogP contribution is -1.67. The first-order valence-corrected chi connectivity index (χ1v) is 8.40. The zero-order chi connectivity index (χ0) is 17.1. The van der Waals surface area contributed by atoms with Gasteiger partial charge in [0, 0.05) is 0 Å². The lowest BCUT2D eigenvalue weighted by atomic mass is 10.1. The summed E-state index contributed by atoms with van der Waals surface area (Å²) in [5, 5.41) is 2.62. The quantitative estimate of drug-likeness (QED) is 0.400. The van der Waals surface area contributed by atoms with E-state index in [1.54, 1.807) is 0 Å². The second kappa shape index (κ2) is 18.9. The Morgan fingerprint density at radius 1 is 0.318 bits per heavy atom. The average molecular weight is 296 g/mol. The summed E-state index contributed by atoms with van der Waals surface area (Å²) in [5.41, 5.74) is 0. The van der Waals surface area contributed by atoms with E-state index in [2.05, 4.69) is 48.5 Å². The maximum atomic E-state index is 2.12. The van der Waals surface area contributed by atoms with Crippen LogP contribution in [0, 0.1) is 0 Å². The molecule has 0 bridgehead atoms. The van der Waals surface area contributed by atoms with E-state index in [-0.39, 0.29) is 0 Å². The van der Waals surface area contributed by atoms with E-state index < -0.39 is 0 Å². The van der Waals surface area contributed by atoms with Crippen molar-refractivity contribution in [2.24, 2.45) is 0 Å². The summed E-state index contributed by atoms with van der Waals surface area (Å²) < 4.78 is 0. The summed E-state index contributed by atoms with van der Waals surface area (Å²) >= 11 is 0. The highest BCUT2D eigenvalue weighted by atomic mass is 13.9. The lowest BCUT2D eigenvalue weighted by Gasteiger charge is -1.92. The van der Waals surface area contributed by atoms with Gasteiger partial charge in [-0.25, -0.2) is 0 Å².